The lowest BCUT2D eigenvalue weighted by atomic mass is 9.88. The van der Waals surface area contributed by atoms with Crippen LogP contribution in [0.4, 0.5) is 4.39 Å². The van der Waals surface area contributed by atoms with Crippen molar-refractivity contribution in [3.63, 3.8) is 0 Å². The molecule has 2 aromatic heterocycles. The minimum Gasteiger partial charge on any atom is -0.384 e. The number of carbonyl (C=O) groups is 1. The minimum absolute atomic E-state index is 0.0876. The first-order chi connectivity index (χ1) is 14.5. The third kappa shape index (κ3) is 3.93. The van der Waals surface area contributed by atoms with Crippen LogP contribution in [0.15, 0.2) is 36.8 Å². The fourth-order valence-corrected chi connectivity index (χ4v) is 4.04. The van der Waals surface area contributed by atoms with E-state index in [2.05, 4.69) is 20.2 Å². The Morgan fingerprint density at radius 2 is 2.10 bits per heavy atom. The van der Waals surface area contributed by atoms with Crippen molar-refractivity contribution in [3.05, 3.63) is 53.3 Å². The fraction of sp³-hybridized carbons (Fsp3) is 0.333. The highest BCUT2D eigenvalue weighted by Crippen LogP contribution is 2.40. The molecule has 156 valence electrons. The van der Waals surface area contributed by atoms with Crippen LogP contribution in [0.1, 0.15) is 31.4 Å². The van der Waals surface area contributed by atoms with E-state index >= 15 is 0 Å². The summed E-state index contributed by atoms with van der Waals surface area (Å²) >= 11 is 5.91. The lowest BCUT2D eigenvalue weighted by Gasteiger charge is -2.32. The van der Waals surface area contributed by atoms with Crippen molar-refractivity contribution >= 4 is 17.5 Å². The number of nitrogens with zero attached hydrogens (tertiary/aromatic N) is 4. The third-order valence-electron chi connectivity index (χ3n) is 5.39. The summed E-state index contributed by atoms with van der Waals surface area (Å²) in [6.07, 6.45) is 3.45. The molecule has 1 atom stereocenters. The first kappa shape index (κ1) is 20.4. The predicted octanol–water partition coefficient (Wildman–Crippen LogP) is 3.41. The number of aromatic nitrogens is 4. The molecule has 1 aliphatic rings. The highest BCUT2D eigenvalue weighted by molar-refractivity contribution is 6.30. The van der Waals surface area contributed by atoms with Gasteiger partial charge in [-0.15, -0.1) is 0 Å². The van der Waals surface area contributed by atoms with Crippen molar-refractivity contribution in [1.82, 2.24) is 25.1 Å². The second-order valence-electron chi connectivity index (χ2n) is 7.36. The van der Waals surface area contributed by atoms with Gasteiger partial charge in [0.25, 0.3) is 5.91 Å². The number of piperidine rings is 1. The summed E-state index contributed by atoms with van der Waals surface area (Å²) in [6, 6.07) is 6.25. The molecule has 3 aromatic rings. The molecule has 7 nitrogen and oxygen atoms in total. The first-order valence-electron chi connectivity index (χ1n) is 9.72. The van der Waals surface area contributed by atoms with Crippen LogP contribution in [0.5, 0.6) is 0 Å². The zero-order chi connectivity index (χ0) is 21.3. The summed E-state index contributed by atoms with van der Waals surface area (Å²) in [5.41, 5.74) is 3.00. The summed E-state index contributed by atoms with van der Waals surface area (Å²) in [7, 11) is 0. The van der Waals surface area contributed by atoms with Crippen LogP contribution in [0, 0.1) is 5.82 Å². The van der Waals surface area contributed by atoms with Gasteiger partial charge >= 0.3 is 0 Å². The van der Waals surface area contributed by atoms with E-state index in [0.29, 0.717) is 47.9 Å². The molecule has 3 heterocycles. The van der Waals surface area contributed by atoms with Gasteiger partial charge in [0, 0.05) is 47.0 Å². The standard InChI is InChI=1S/C21H21ClFN5O2/c1-12(29)21(30)28-8-5-13(6-9-28)19-18(17-4-7-24-11-25-17)20(27-26-19)15-3-2-14(22)10-16(15)23/h2-4,7,10-13,29H,5-6,8-9H2,1H3,(H,26,27)/t12-/m0/s1. The molecule has 0 bridgehead atoms. The number of rotatable bonds is 4. The lowest BCUT2D eigenvalue weighted by Crippen LogP contribution is -2.42. The second-order valence-corrected chi connectivity index (χ2v) is 7.79. The lowest BCUT2D eigenvalue weighted by molar-refractivity contribution is -0.140. The Balaban J connectivity index is 1.71. The van der Waals surface area contributed by atoms with Crippen LogP contribution in [0.2, 0.25) is 5.02 Å². The third-order valence-corrected chi connectivity index (χ3v) is 5.63. The number of hydrogen-bond acceptors (Lipinski definition) is 5. The number of aliphatic hydroxyl groups excluding tert-OH is 1. The Morgan fingerprint density at radius 1 is 1.33 bits per heavy atom. The molecule has 1 saturated heterocycles. The van der Waals surface area contributed by atoms with Gasteiger partial charge in [-0.1, -0.05) is 11.6 Å². The quantitative estimate of drug-likeness (QED) is 0.662. The van der Waals surface area contributed by atoms with E-state index in [1.54, 1.807) is 29.3 Å². The molecule has 9 heteroatoms. The van der Waals surface area contributed by atoms with E-state index in [4.69, 9.17) is 11.6 Å². The summed E-state index contributed by atoms with van der Waals surface area (Å²) in [5, 5.41) is 17.4. The molecular formula is C21H21ClFN5O2. The zero-order valence-corrected chi connectivity index (χ0v) is 17.1. The molecule has 0 radical (unpaired) electrons. The van der Waals surface area contributed by atoms with E-state index in [1.807, 2.05) is 0 Å². The number of hydrogen-bond donors (Lipinski definition) is 2. The number of benzene rings is 1. The Kier molecular flexibility index (Phi) is 5.78. The van der Waals surface area contributed by atoms with Crippen LogP contribution >= 0.6 is 11.6 Å². The van der Waals surface area contributed by atoms with Crippen molar-refractivity contribution in [2.24, 2.45) is 0 Å². The largest absolute Gasteiger partial charge is 0.384 e. The van der Waals surface area contributed by atoms with Crippen LogP contribution in [0.25, 0.3) is 22.5 Å². The number of carbonyl (C=O) groups excluding carboxylic acids is 1. The van der Waals surface area contributed by atoms with Crippen LogP contribution in [0.3, 0.4) is 0 Å². The van der Waals surface area contributed by atoms with Crippen LogP contribution in [-0.4, -0.2) is 55.3 Å². The molecule has 0 saturated carbocycles. The highest BCUT2D eigenvalue weighted by atomic mass is 35.5. The monoisotopic (exact) mass is 429 g/mol. The van der Waals surface area contributed by atoms with Gasteiger partial charge in [-0.2, -0.15) is 5.10 Å². The van der Waals surface area contributed by atoms with Gasteiger partial charge in [0.1, 0.15) is 23.9 Å². The summed E-state index contributed by atoms with van der Waals surface area (Å²) in [6.45, 7) is 2.53. The van der Waals surface area contributed by atoms with Gasteiger partial charge in [0.2, 0.25) is 0 Å². The molecule has 1 aromatic carbocycles. The summed E-state index contributed by atoms with van der Waals surface area (Å²) in [4.78, 5) is 22.1. The Bertz CT molecular complexity index is 1050. The van der Waals surface area contributed by atoms with Gasteiger partial charge in [0.05, 0.1) is 5.69 Å². The van der Waals surface area contributed by atoms with Crippen molar-refractivity contribution in [2.45, 2.75) is 31.8 Å². The molecule has 1 fully saturated rings. The topological polar surface area (TPSA) is 95.0 Å². The maximum Gasteiger partial charge on any atom is 0.251 e. The summed E-state index contributed by atoms with van der Waals surface area (Å²) in [5.74, 6) is -0.643. The van der Waals surface area contributed by atoms with Gasteiger partial charge in [-0.05, 0) is 44.0 Å². The Morgan fingerprint density at radius 3 is 2.73 bits per heavy atom. The Labute approximate surface area is 177 Å². The number of aromatic amines is 1. The van der Waals surface area contributed by atoms with E-state index < -0.39 is 11.9 Å². The van der Waals surface area contributed by atoms with Crippen molar-refractivity contribution in [3.8, 4) is 22.5 Å². The number of aliphatic hydroxyl groups is 1. The molecule has 0 spiro atoms. The fourth-order valence-electron chi connectivity index (χ4n) is 3.88. The van der Waals surface area contributed by atoms with Gasteiger partial charge in [-0.3, -0.25) is 9.89 Å². The van der Waals surface area contributed by atoms with Gasteiger partial charge in [0.15, 0.2) is 0 Å². The Hall–Kier alpha value is -2.84. The molecular weight excluding hydrogens is 409 g/mol. The average Bonchev–Trinajstić information content (AvgIpc) is 3.18. The van der Waals surface area contributed by atoms with Crippen LogP contribution < -0.4 is 0 Å². The molecule has 1 amide bonds. The number of nitrogens with one attached hydrogen (secondary N) is 1. The molecule has 0 unspecified atom stereocenters. The van der Waals surface area contributed by atoms with E-state index in [0.717, 1.165) is 11.3 Å². The minimum atomic E-state index is -1.01. The second kappa shape index (κ2) is 8.49. The van der Waals surface area contributed by atoms with E-state index in [1.165, 1.54) is 19.3 Å². The highest BCUT2D eigenvalue weighted by Gasteiger charge is 2.30. The molecule has 0 aliphatic carbocycles. The van der Waals surface area contributed by atoms with Crippen molar-refractivity contribution in [2.75, 3.05) is 13.1 Å². The SMILES string of the molecule is C[C@H](O)C(=O)N1CCC(c2[nH]nc(-c3ccc(Cl)cc3F)c2-c2ccncn2)CC1. The molecule has 4 rings (SSSR count). The number of amides is 1. The van der Waals surface area contributed by atoms with E-state index in [-0.39, 0.29) is 11.8 Å². The maximum absolute atomic E-state index is 14.7. The normalized spacial score (nSPS) is 15.9. The van der Waals surface area contributed by atoms with Crippen molar-refractivity contribution < 1.29 is 14.3 Å². The number of H-pyrrole nitrogens is 1. The molecule has 1 aliphatic heterocycles. The number of likely N-dealkylation sites (tertiary alicyclic amines) is 1. The average molecular weight is 430 g/mol. The summed E-state index contributed by atoms with van der Waals surface area (Å²) < 4.78 is 14.7. The number of halogens is 2. The van der Waals surface area contributed by atoms with Gasteiger partial charge < -0.3 is 10.0 Å². The predicted molar refractivity (Wildman–Crippen MR) is 110 cm³/mol. The molecule has 30 heavy (non-hydrogen) atoms. The van der Waals surface area contributed by atoms with Crippen LogP contribution in [-0.2, 0) is 4.79 Å². The molecule has 2 N–H and O–H groups in total. The zero-order valence-electron chi connectivity index (χ0n) is 16.3. The maximum atomic E-state index is 14.7. The smallest absolute Gasteiger partial charge is 0.251 e. The van der Waals surface area contributed by atoms with Crippen molar-refractivity contribution in [1.29, 1.82) is 0 Å². The first-order valence-corrected chi connectivity index (χ1v) is 10.1. The van der Waals surface area contributed by atoms with E-state index in [9.17, 15) is 14.3 Å². The van der Waals surface area contributed by atoms with Gasteiger partial charge in [-0.25, -0.2) is 14.4 Å².